The summed E-state index contributed by atoms with van der Waals surface area (Å²) < 4.78 is 10.9. The molecule has 13 heteroatoms. The maximum atomic E-state index is 12.5. The molecule has 1 fully saturated rings. The SMILES string of the molecule is CC(NC(=O)CCC/C=C\C[C@@H]1[C@@H](/C=C/[C@@H](O)COc2cccc(Cl)c2)[C@H](O)C[C@@H]1O)C(=O)Oc1ccccc1CON(O)O. The first-order chi connectivity index (χ1) is 21.5. The van der Waals surface area contributed by atoms with Gasteiger partial charge in [-0.15, -0.1) is 0 Å². The summed E-state index contributed by atoms with van der Waals surface area (Å²) in [6.07, 6.45) is 6.85. The standard InChI is InChI=1S/C32H41ClN2O10/c1-21(32(40)45-30-13-7-6-9-22(30)19-44-35(41)42)34-31(39)14-5-3-2-4-12-26-27(29(38)18-28(26)37)16-15-24(36)20-43-25-11-8-10-23(33)17-25/h2,4,6-11,13,15-17,21,24,26-29,36-38,41-42H,3,5,12,14,18-20H2,1H3,(H,34,39)/b4-2-,16-15+/t21?,24-,26-,27-,28+,29-/m1/s1. The Labute approximate surface area is 267 Å². The number of carbonyl (C=O) groups is 2. The molecule has 0 spiro atoms. The average molecular weight is 649 g/mol. The van der Waals surface area contributed by atoms with Crippen LogP contribution < -0.4 is 14.8 Å². The molecule has 0 radical (unpaired) electrons. The molecule has 1 unspecified atom stereocenters. The highest BCUT2D eigenvalue weighted by Gasteiger charge is 2.39. The molecule has 6 N–H and O–H groups in total. The number of esters is 1. The predicted octanol–water partition coefficient (Wildman–Crippen LogP) is 3.73. The Balaban J connectivity index is 1.37. The number of benzene rings is 2. The van der Waals surface area contributed by atoms with E-state index in [0.717, 1.165) is 0 Å². The van der Waals surface area contributed by atoms with Crippen LogP contribution in [0.5, 0.6) is 11.5 Å². The molecule has 1 aliphatic carbocycles. The van der Waals surface area contributed by atoms with E-state index in [1.807, 2.05) is 12.2 Å². The molecule has 12 nitrogen and oxygen atoms in total. The highest BCUT2D eigenvalue weighted by atomic mass is 35.5. The highest BCUT2D eigenvalue weighted by molar-refractivity contribution is 6.30. The van der Waals surface area contributed by atoms with Crippen molar-refractivity contribution in [3.05, 3.63) is 83.4 Å². The molecule has 45 heavy (non-hydrogen) atoms. The van der Waals surface area contributed by atoms with Crippen molar-refractivity contribution in [3.63, 3.8) is 0 Å². The van der Waals surface area contributed by atoms with Gasteiger partial charge in [0, 0.05) is 29.3 Å². The molecule has 1 amide bonds. The van der Waals surface area contributed by atoms with Gasteiger partial charge in [0.05, 0.1) is 17.6 Å². The quantitative estimate of drug-likeness (QED) is 0.0484. The molecule has 2 aromatic rings. The minimum absolute atomic E-state index is 0.0134. The molecule has 1 saturated carbocycles. The monoisotopic (exact) mass is 648 g/mol. The third-order valence-electron chi connectivity index (χ3n) is 7.29. The van der Waals surface area contributed by atoms with Gasteiger partial charge < -0.3 is 30.1 Å². The van der Waals surface area contributed by atoms with Crippen LogP contribution in [0.2, 0.25) is 5.02 Å². The first-order valence-corrected chi connectivity index (χ1v) is 15.1. The van der Waals surface area contributed by atoms with Crippen molar-refractivity contribution >= 4 is 23.5 Å². The van der Waals surface area contributed by atoms with Crippen molar-refractivity contribution in [1.29, 1.82) is 0 Å². The molecule has 3 rings (SSSR count). The zero-order chi connectivity index (χ0) is 32.8. The van der Waals surface area contributed by atoms with Crippen LogP contribution in [0.4, 0.5) is 0 Å². The summed E-state index contributed by atoms with van der Waals surface area (Å²) in [6.45, 7) is 1.26. The molecular weight excluding hydrogens is 608 g/mol. The molecule has 6 atom stereocenters. The Morgan fingerprint density at radius 3 is 2.64 bits per heavy atom. The van der Waals surface area contributed by atoms with Gasteiger partial charge in [-0.1, -0.05) is 60.2 Å². The van der Waals surface area contributed by atoms with E-state index in [-0.39, 0.29) is 49.5 Å². The van der Waals surface area contributed by atoms with E-state index >= 15 is 0 Å². The highest BCUT2D eigenvalue weighted by Crippen LogP contribution is 2.36. The van der Waals surface area contributed by atoms with Crippen LogP contribution >= 0.6 is 11.6 Å². The minimum atomic E-state index is -0.920. The molecule has 0 aliphatic heterocycles. The summed E-state index contributed by atoms with van der Waals surface area (Å²) in [6, 6.07) is 12.3. The Morgan fingerprint density at radius 1 is 1.11 bits per heavy atom. The lowest BCUT2D eigenvalue weighted by Crippen LogP contribution is -2.40. The van der Waals surface area contributed by atoms with Gasteiger partial charge in [-0.05, 0) is 56.4 Å². The zero-order valence-electron chi connectivity index (χ0n) is 24.9. The van der Waals surface area contributed by atoms with Gasteiger partial charge in [-0.25, -0.2) is 9.63 Å². The summed E-state index contributed by atoms with van der Waals surface area (Å²) in [5.74, 6) is -0.885. The number of ether oxygens (including phenoxy) is 2. The van der Waals surface area contributed by atoms with Gasteiger partial charge in [0.1, 0.15) is 36.9 Å². The topological polar surface area (TPSA) is 178 Å². The summed E-state index contributed by atoms with van der Waals surface area (Å²) in [5, 5.41) is 51.4. The van der Waals surface area contributed by atoms with Crippen molar-refractivity contribution in [3.8, 4) is 11.5 Å². The summed E-state index contributed by atoms with van der Waals surface area (Å²) in [7, 11) is 0. The molecule has 0 aromatic heterocycles. The summed E-state index contributed by atoms with van der Waals surface area (Å²) in [5.41, 5.74) is 0.392. The number of unbranched alkanes of at least 4 members (excludes halogenated alkanes) is 1. The number of nitrogens with zero attached hydrogens (tertiary/aromatic N) is 1. The van der Waals surface area contributed by atoms with Crippen LogP contribution in [-0.2, 0) is 21.0 Å². The molecule has 1 aliphatic rings. The lowest BCUT2D eigenvalue weighted by Gasteiger charge is -2.19. The Morgan fingerprint density at radius 2 is 1.89 bits per heavy atom. The van der Waals surface area contributed by atoms with E-state index in [1.54, 1.807) is 54.6 Å². The van der Waals surface area contributed by atoms with Crippen molar-refractivity contribution in [2.45, 2.75) is 70.0 Å². The molecule has 0 bridgehead atoms. The molecule has 246 valence electrons. The second kappa shape index (κ2) is 18.6. The summed E-state index contributed by atoms with van der Waals surface area (Å²) in [4.78, 5) is 29.4. The number of rotatable bonds is 17. The van der Waals surface area contributed by atoms with E-state index in [0.29, 0.717) is 35.6 Å². The van der Waals surface area contributed by atoms with Gasteiger partial charge in [-0.3, -0.25) is 15.2 Å². The fourth-order valence-electron chi connectivity index (χ4n) is 4.93. The van der Waals surface area contributed by atoms with Crippen molar-refractivity contribution in [2.24, 2.45) is 11.8 Å². The van der Waals surface area contributed by atoms with Gasteiger partial charge in [0.15, 0.2) is 0 Å². The fraction of sp³-hybridized carbons (Fsp3) is 0.438. The van der Waals surface area contributed by atoms with E-state index < -0.39 is 35.7 Å². The first-order valence-electron chi connectivity index (χ1n) is 14.7. The minimum Gasteiger partial charge on any atom is -0.491 e. The number of halogens is 1. The van der Waals surface area contributed by atoms with Gasteiger partial charge in [0.2, 0.25) is 5.91 Å². The average Bonchev–Trinajstić information content (AvgIpc) is 3.27. The van der Waals surface area contributed by atoms with Crippen LogP contribution in [0.15, 0.2) is 72.8 Å². The molecular formula is C32H41ClN2O10. The third-order valence-corrected chi connectivity index (χ3v) is 7.52. The smallest absolute Gasteiger partial charge is 0.333 e. The maximum Gasteiger partial charge on any atom is 0.333 e. The van der Waals surface area contributed by atoms with Crippen LogP contribution in [0.1, 0.15) is 44.6 Å². The largest absolute Gasteiger partial charge is 0.491 e. The van der Waals surface area contributed by atoms with Crippen LogP contribution in [0.25, 0.3) is 0 Å². The number of aliphatic hydroxyl groups is 3. The van der Waals surface area contributed by atoms with Gasteiger partial charge in [0.25, 0.3) is 0 Å². The lowest BCUT2D eigenvalue weighted by molar-refractivity contribution is -0.497. The number of amides is 1. The summed E-state index contributed by atoms with van der Waals surface area (Å²) >= 11 is 5.94. The zero-order valence-corrected chi connectivity index (χ0v) is 25.7. The van der Waals surface area contributed by atoms with E-state index in [1.165, 1.54) is 13.0 Å². The third kappa shape index (κ3) is 12.5. The number of allylic oxidation sites excluding steroid dienone is 2. The number of carbonyl (C=O) groups excluding carboxylic acids is 2. The number of hydrogen-bond acceptors (Lipinski definition) is 11. The number of hydrogen-bond donors (Lipinski definition) is 6. The Hall–Kier alpha value is -3.33. The van der Waals surface area contributed by atoms with E-state index in [9.17, 15) is 24.9 Å². The lowest BCUT2D eigenvalue weighted by atomic mass is 9.89. The van der Waals surface area contributed by atoms with Crippen molar-refractivity contribution < 1.29 is 49.6 Å². The van der Waals surface area contributed by atoms with E-state index in [4.69, 9.17) is 31.5 Å². The van der Waals surface area contributed by atoms with Crippen LogP contribution in [0.3, 0.4) is 0 Å². The molecule has 0 heterocycles. The van der Waals surface area contributed by atoms with Gasteiger partial charge in [-0.2, -0.15) is 0 Å². The first kappa shape index (κ1) is 36.1. The van der Waals surface area contributed by atoms with Gasteiger partial charge >= 0.3 is 5.97 Å². The predicted molar refractivity (Wildman–Crippen MR) is 163 cm³/mol. The molecule has 0 saturated heterocycles. The number of para-hydroxylation sites is 1. The second-order valence-electron chi connectivity index (χ2n) is 10.8. The number of nitrogens with one attached hydrogen (secondary N) is 1. The second-order valence-corrected chi connectivity index (χ2v) is 11.2. The Bertz CT molecular complexity index is 1290. The van der Waals surface area contributed by atoms with E-state index in [2.05, 4.69) is 10.2 Å². The number of aliphatic hydroxyl groups excluding tert-OH is 3. The fourth-order valence-corrected chi connectivity index (χ4v) is 5.11. The van der Waals surface area contributed by atoms with Crippen molar-refractivity contribution in [1.82, 2.24) is 10.7 Å². The maximum absolute atomic E-state index is 12.5. The van der Waals surface area contributed by atoms with Crippen molar-refractivity contribution in [2.75, 3.05) is 6.61 Å². The Kier molecular flexibility index (Phi) is 14.9. The normalized spacial score (nSPS) is 21.3. The molecule has 2 aromatic carbocycles. The van der Waals surface area contributed by atoms with Crippen LogP contribution in [0, 0.1) is 11.8 Å². The van der Waals surface area contributed by atoms with Crippen LogP contribution in [-0.4, -0.2) is 74.0 Å².